The number of pyridine rings is 5. The largest absolute Gasteiger partial charge is 0.212 e. The zero-order chi connectivity index (χ0) is 79.2. The summed E-state index contributed by atoms with van der Waals surface area (Å²) in [6.07, 6.45) is 12.7. The highest BCUT2D eigenvalue weighted by Gasteiger charge is 2.25. The molecule has 15 rings (SSSR count). The van der Waals surface area contributed by atoms with Gasteiger partial charge in [0.15, 0.2) is 31.0 Å². The van der Waals surface area contributed by atoms with Gasteiger partial charge in [-0.05, 0) is 250 Å². The van der Waals surface area contributed by atoms with E-state index >= 15 is 0 Å². The van der Waals surface area contributed by atoms with Crippen molar-refractivity contribution in [2.75, 3.05) is 0 Å². The molecule has 5 heterocycles. The molecule has 0 amide bonds. The molecule has 484 valence electrons. The lowest BCUT2D eigenvalue weighted by Crippen LogP contribution is -2.32. The molecule has 11 aromatic rings. The number of hydrogen-bond acceptors (Lipinski definition) is 0. The van der Waals surface area contributed by atoms with Crippen LogP contribution in [-0.4, -0.2) is 0 Å². The molecule has 0 aliphatic heterocycles. The number of aromatic nitrogens is 5. The minimum atomic E-state index is -2.17. The minimum absolute atomic E-state index is 0.136. The molecule has 0 N–H and O–H groups in total. The standard InChI is InChI=1S/C20H20N.2C18H22N.2C17H20N/c1-15-9-7-8-12-18(15)20-13-16(2)19(14-21(20)3)17-10-5-4-6-11-17;2*1-13-8-9-17(14(2)10-13)18-11-15-6-4-5-7-16(15)12-19(18)3;2*1-12-7-8-16(13(2)9-12)17-10-14-5-4-6-15(14)11-18(17)3/h4-14H,1-3H3;2*8-12H,4-7H2,1-3H3;2*7-11H,4-6H2,1-3H3/q5*+1/i;1D3,6D2,7D2;;1D3,5D2,6D2;. The van der Waals surface area contributed by atoms with Gasteiger partial charge in [0.25, 0.3) is 0 Å². The predicted octanol–water partition coefficient (Wildman–Crippen LogP) is 18.4. The number of benzene rings is 6. The number of fused-ring (bicyclic) bond motifs is 4. The van der Waals surface area contributed by atoms with Crippen molar-refractivity contribution in [2.24, 2.45) is 35.2 Å². The second-order valence-electron chi connectivity index (χ2n) is 26.5. The van der Waals surface area contributed by atoms with E-state index in [9.17, 15) is 0 Å². The van der Waals surface area contributed by atoms with Gasteiger partial charge in [-0.2, -0.15) is 0 Å². The third-order valence-electron chi connectivity index (χ3n) is 19.1. The fourth-order valence-electron chi connectivity index (χ4n) is 14.0. The molecule has 0 saturated carbocycles. The lowest BCUT2D eigenvalue weighted by atomic mass is 9.91. The first-order valence-corrected chi connectivity index (χ1v) is 33.7. The second kappa shape index (κ2) is 30.2. The van der Waals surface area contributed by atoms with E-state index in [2.05, 4.69) is 204 Å². The van der Waals surface area contributed by atoms with E-state index in [1.807, 2.05) is 13.8 Å². The lowest BCUT2D eigenvalue weighted by Gasteiger charge is -2.15. The Labute approximate surface area is 589 Å². The van der Waals surface area contributed by atoms with Gasteiger partial charge in [-0.15, -0.1) is 0 Å². The fourth-order valence-corrected chi connectivity index (χ4v) is 14.0. The molecule has 5 aromatic heterocycles. The molecule has 0 spiro atoms. The first-order chi connectivity index (χ1) is 51.1. The smallest absolute Gasteiger partial charge is 0.201 e. The summed E-state index contributed by atoms with van der Waals surface area (Å²) >= 11 is 0. The van der Waals surface area contributed by atoms with E-state index in [-0.39, 0.29) is 30.4 Å². The Balaban J connectivity index is 0.000000136. The quantitative estimate of drug-likeness (QED) is 0.148. The van der Waals surface area contributed by atoms with Crippen LogP contribution in [0, 0.1) is 69.1 Å². The summed E-state index contributed by atoms with van der Waals surface area (Å²) in [5.41, 5.74) is 31.4. The Kier molecular flexibility index (Phi) is 16.4. The lowest BCUT2D eigenvalue weighted by molar-refractivity contribution is -0.661. The summed E-state index contributed by atoms with van der Waals surface area (Å²) in [6, 6.07) is 52.9. The molecule has 95 heavy (non-hydrogen) atoms. The van der Waals surface area contributed by atoms with Crippen LogP contribution in [0.15, 0.2) is 189 Å². The van der Waals surface area contributed by atoms with E-state index in [0.29, 0.717) is 22.3 Å². The van der Waals surface area contributed by atoms with E-state index in [0.717, 1.165) is 33.6 Å². The third kappa shape index (κ3) is 15.9. The van der Waals surface area contributed by atoms with Crippen LogP contribution in [0.5, 0.6) is 0 Å². The predicted molar refractivity (Wildman–Crippen MR) is 395 cm³/mol. The molecular formula is C90H104N5+5. The number of rotatable bonds is 6. The number of aryl methyl sites for hydroxylation is 23. The molecule has 0 radical (unpaired) electrons. The van der Waals surface area contributed by atoms with Gasteiger partial charge in [0.1, 0.15) is 35.2 Å². The molecular weight excluding hydrogens is 1150 g/mol. The summed E-state index contributed by atoms with van der Waals surface area (Å²) in [6.45, 7) is 12.4. The highest BCUT2D eigenvalue weighted by Crippen LogP contribution is 2.33. The maximum absolute atomic E-state index is 8.30. The topological polar surface area (TPSA) is 19.4 Å². The summed E-state index contributed by atoms with van der Waals surface area (Å²) in [7, 11) is 10.0. The fraction of sp³-hybridized carbons (Fsp3) is 0.322. The van der Waals surface area contributed by atoms with Gasteiger partial charge >= 0.3 is 0 Å². The van der Waals surface area contributed by atoms with Gasteiger partial charge in [0.2, 0.25) is 28.5 Å². The van der Waals surface area contributed by atoms with Gasteiger partial charge in [-0.1, -0.05) is 119 Å². The number of nitrogens with zero attached hydrogens (tertiary/aromatic N) is 5. The van der Waals surface area contributed by atoms with E-state index < -0.39 is 39.2 Å². The van der Waals surface area contributed by atoms with Gasteiger partial charge in [0, 0.05) is 105 Å². The highest BCUT2D eigenvalue weighted by atomic mass is 14.9. The van der Waals surface area contributed by atoms with Crippen molar-refractivity contribution in [3.05, 3.63) is 289 Å². The van der Waals surface area contributed by atoms with Crippen molar-refractivity contribution < 1.29 is 42.0 Å². The Bertz CT molecular complexity index is 5250. The molecule has 0 saturated heterocycles. The zero-order valence-corrected chi connectivity index (χ0v) is 58.2. The molecule has 4 aliphatic carbocycles. The van der Waals surface area contributed by atoms with Crippen molar-refractivity contribution >= 4 is 0 Å². The first kappa shape index (κ1) is 51.4. The summed E-state index contributed by atoms with van der Waals surface area (Å²) < 4.78 is 121. The van der Waals surface area contributed by atoms with Crippen LogP contribution in [-0.2, 0) is 86.4 Å². The van der Waals surface area contributed by atoms with Crippen LogP contribution in [0.1, 0.15) is 158 Å². The normalized spacial score (nSPS) is 17.8. The van der Waals surface area contributed by atoms with Gasteiger partial charge in [-0.3, -0.25) is 0 Å². The third-order valence-corrected chi connectivity index (χ3v) is 19.1. The van der Waals surface area contributed by atoms with Crippen molar-refractivity contribution in [1.29, 1.82) is 0 Å². The average molecular weight is 1270 g/mol. The molecule has 0 fully saturated rings. The average Bonchev–Trinajstić information content (AvgIpc) is 1.67. The Morgan fingerprint density at radius 2 is 0.600 bits per heavy atom. The summed E-state index contributed by atoms with van der Waals surface area (Å²) in [4.78, 5) is 0. The maximum atomic E-state index is 8.30. The van der Waals surface area contributed by atoms with Crippen LogP contribution in [0.4, 0.5) is 0 Å². The van der Waals surface area contributed by atoms with Crippen LogP contribution in [0.2, 0.25) is 0 Å². The molecule has 0 bridgehead atoms. The molecule has 5 nitrogen and oxygen atoms in total. The van der Waals surface area contributed by atoms with Gasteiger partial charge in [-0.25, -0.2) is 22.8 Å². The van der Waals surface area contributed by atoms with Gasteiger partial charge < -0.3 is 0 Å². The Hall–Kier alpha value is -8.93. The van der Waals surface area contributed by atoms with Crippen LogP contribution in [0.25, 0.3) is 67.4 Å². The number of hydrogen-bond donors (Lipinski definition) is 0. The van der Waals surface area contributed by atoms with Crippen LogP contribution < -0.4 is 22.8 Å². The minimum Gasteiger partial charge on any atom is -0.201 e. The Morgan fingerprint density at radius 3 is 1.07 bits per heavy atom. The van der Waals surface area contributed by atoms with E-state index in [1.54, 1.807) is 101 Å². The summed E-state index contributed by atoms with van der Waals surface area (Å²) in [5, 5.41) is 0. The monoisotopic (exact) mass is 1270 g/mol. The first-order valence-electron chi connectivity index (χ1n) is 40.7. The van der Waals surface area contributed by atoms with Crippen LogP contribution in [0.3, 0.4) is 0 Å². The second-order valence-corrected chi connectivity index (χ2v) is 26.5. The van der Waals surface area contributed by atoms with Crippen molar-refractivity contribution in [2.45, 2.75) is 159 Å². The SMILES string of the molecule is Cc1cc(-c2ccccc2C)[n+](C)cc1-c1ccccc1.Cc1ccc(-c2cc3c(c[n+]2C)CCC3)c(C)c1.Cc1ccc(-c2cc3c(c[n+]2C)CCCC3)c(C)c1.[2H]C([2H])([2H])c1ccc(-c2cc3c(c[n+]2C)C([2H])([2H])CC3([2H])[2H])c(C)c1.[2H]C([2H])([2H])c1ccc(-c2cc3c(c[n+]2C)C([2H])([2H])CCC3([2H])[2H])c(C)c1. The van der Waals surface area contributed by atoms with E-state index in [1.165, 1.54) is 129 Å². The molecule has 0 atom stereocenters. The molecule has 0 unspecified atom stereocenters. The Morgan fingerprint density at radius 1 is 0.263 bits per heavy atom. The van der Waals surface area contributed by atoms with E-state index in [4.69, 9.17) is 19.2 Å². The maximum Gasteiger partial charge on any atom is 0.212 e. The molecule has 4 aliphatic rings. The summed E-state index contributed by atoms with van der Waals surface area (Å²) in [5.74, 6) is 0. The zero-order valence-electron chi connectivity index (χ0n) is 72.2. The van der Waals surface area contributed by atoms with Crippen molar-refractivity contribution in [3.8, 4) is 67.4 Å². The molecule has 5 heteroatoms. The van der Waals surface area contributed by atoms with Crippen LogP contribution >= 0.6 is 0 Å². The highest BCUT2D eigenvalue weighted by molar-refractivity contribution is 5.70. The van der Waals surface area contributed by atoms with Crippen molar-refractivity contribution in [1.82, 2.24) is 0 Å². The molecule has 6 aromatic carbocycles. The van der Waals surface area contributed by atoms with Crippen molar-refractivity contribution in [3.63, 3.8) is 0 Å². The van der Waals surface area contributed by atoms with Gasteiger partial charge in [0.05, 0.1) is 0 Å².